The first-order valence-corrected chi connectivity index (χ1v) is 12.5. The van der Waals surface area contributed by atoms with E-state index in [0.717, 1.165) is 5.56 Å². The second-order valence-electron chi connectivity index (χ2n) is 8.28. The van der Waals surface area contributed by atoms with Crippen molar-refractivity contribution in [2.75, 3.05) is 6.61 Å². The highest BCUT2D eigenvalue weighted by molar-refractivity contribution is 7.89. The lowest BCUT2D eigenvalue weighted by atomic mass is 9.85. The zero-order chi connectivity index (χ0) is 23.3. The minimum Gasteiger partial charge on any atom is -0.494 e. The Balaban J connectivity index is 1.54. The molecule has 8 heteroatoms. The van der Waals surface area contributed by atoms with Crippen molar-refractivity contribution >= 4 is 15.9 Å². The summed E-state index contributed by atoms with van der Waals surface area (Å²) in [5, 5.41) is 2.89. The summed E-state index contributed by atoms with van der Waals surface area (Å²) in [5.41, 5.74) is 1.21. The number of halogens is 1. The van der Waals surface area contributed by atoms with Gasteiger partial charge >= 0.3 is 0 Å². The number of carbonyl (C=O) groups excluding carboxylic acids is 1. The molecule has 1 aliphatic rings. The molecular weight excluding hydrogens is 431 g/mol. The third-order valence-electron chi connectivity index (χ3n) is 5.91. The molecule has 6 nitrogen and oxygen atoms in total. The van der Waals surface area contributed by atoms with Crippen molar-refractivity contribution in [2.45, 2.75) is 63.4 Å². The average molecular weight is 463 g/mol. The fraction of sp³-hybridized carbons (Fsp3) is 0.458. The molecule has 2 aromatic rings. The largest absolute Gasteiger partial charge is 0.494 e. The smallest absolute Gasteiger partial charge is 0.240 e. The maximum Gasteiger partial charge on any atom is 0.240 e. The number of nitrogens with one attached hydrogen (secondary N) is 2. The van der Waals surface area contributed by atoms with E-state index in [9.17, 15) is 17.6 Å². The van der Waals surface area contributed by atoms with Gasteiger partial charge in [-0.3, -0.25) is 4.79 Å². The van der Waals surface area contributed by atoms with Gasteiger partial charge in [-0.05, 0) is 76.3 Å². The summed E-state index contributed by atoms with van der Waals surface area (Å²) in [4.78, 5) is 12.9. The van der Waals surface area contributed by atoms with Crippen LogP contribution in [0.4, 0.5) is 4.39 Å². The average Bonchev–Trinajstić information content (AvgIpc) is 2.75. The van der Waals surface area contributed by atoms with Crippen LogP contribution in [-0.2, 0) is 14.8 Å². The summed E-state index contributed by atoms with van der Waals surface area (Å²) in [6.07, 6.45) is 2.29. The topological polar surface area (TPSA) is 84.5 Å². The van der Waals surface area contributed by atoms with E-state index in [2.05, 4.69) is 10.0 Å². The summed E-state index contributed by atoms with van der Waals surface area (Å²) in [5.74, 6) is -0.00702. The van der Waals surface area contributed by atoms with Gasteiger partial charge in [-0.15, -0.1) is 0 Å². The highest BCUT2D eigenvalue weighted by Gasteiger charge is 2.30. The second kappa shape index (κ2) is 10.4. The molecule has 1 fully saturated rings. The maximum atomic E-state index is 13.9. The van der Waals surface area contributed by atoms with Gasteiger partial charge in [-0.25, -0.2) is 17.5 Å². The van der Waals surface area contributed by atoms with Crippen LogP contribution in [0.2, 0.25) is 0 Å². The molecule has 1 saturated carbocycles. The quantitative estimate of drug-likeness (QED) is 0.614. The van der Waals surface area contributed by atoms with Gasteiger partial charge in [-0.2, -0.15) is 0 Å². The molecule has 3 rings (SSSR count). The summed E-state index contributed by atoms with van der Waals surface area (Å²) in [6, 6.07) is 10.6. The van der Waals surface area contributed by atoms with Gasteiger partial charge in [0.2, 0.25) is 15.9 Å². The van der Waals surface area contributed by atoms with Crippen molar-refractivity contribution in [3.8, 4) is 5.75 Å². The molecule has 2 N–H and O–H groups in total. The van der Waals surface area contributed by atoms with Gasteiger partial charge < -0.3 is 10.1 Å². The molecule has 0 aliphatic heterocycles. The van der Waals surface area contributed by atoms with E-state index in [1.807, 2.05) is 13.8 Å². The van der Waals surface area contributed by atoms with Crippen LogP contribution < -0.4 is 14.8 Å². The van der Waals surface area contributed by atoms with E-state index in [4.69, 9.17) is 4.74 Å². The second-order valence-corrected chi connectivity index (χ2v) is 10.00. The Bertz CT molecular complexity index is 1050. The van der Waals surface area contributed by atoms with Gasteiger partial charge in [0.05, 0.1) is 17.5 Å². The summed E-state index contributed by atoms with van der Waals surface area (Å²) < 4.78 is 47.8. The Hall–Kier alpha value is -2.45. The first kappa shape index (κ1) is 24.2. The number of hydrogen-bond donors (Lipinski definition) is 2. The van der Waals surface area contributed by atoms with Crippen LogP contribution in [-0.4, -0.2) is 27.0 Å². The number of hydrogen-bond acceptors (Lipinski definition) is 4. The lowest BCUT2D eigenvalue weighted by Crippen LogP contribution is -2.41. The van der Waals surface area contributed by atoms with Crippen LogP contribution in [0.15, 0.2) is 47.4 Å². The molecule has 0 aromatic heterocycles. The number of benzene rings is 2. The van der Waals surface area contributed by atoms with Crippen LogP contribution in [0.5, 0.6) is 5.75 Å². The number of carbonyl (C=O) groups is 1. The van der Waals surface area contributed by atoms with Crippen LogP contribution in [0.1, 0.15) is 56.7 Å². The highest BCUT2D eigenvalue weighted by atomic mass is 32.2. The van der Waals surface area contributed by atoms with E-state index in [1.54, 1.807) is 43.3 Å². The molecule has 2 aromatic carbocycles. The van der Waals surface area contributed by atoms with Gasteiger partial charge in [0.15, 0.2) is 0 Å². The fourth-order valence-corrected chi connectivity index (χ4v) is 5.49. The predicted octanol–water partition coefficient (Wildman–Crippen LogP) is 4.25. The molecule has 0 saturated heterocycles. The molecule has 32 heavy (non-hydrogen) atoms. The lowest BCUT2D eigenvalue weighted by Gasteiger charge is -2.29. The zero-order valence-electron chi connectivity index (χ0n) is 18.7. The molecule has 0 unspecified atom stereocenters. The molecule has 0 radical (unpaired) electrons. The fourth-order valence-electron chi connectivity index (χ4n) is 4.10. The number of aryl methyl sites for hydroxylation is 1. The van der Waals surface area contributed by atoms with Gasteiger partial charge in [-0.1, -0.05) is 18.2 Å². The van der Waals surface area contributed by atoms with Crippen LogP contribution in [0, 0.1) is 18.7 Å². The van der Waals surface area contributed by atoms with Crippen molar-refractivity contribution in [3.05, 3.63) is 59.4 Å². The molecule has 174 valence electrons. The zero-order valence-corrected chi connectivity index (χ0v) is 19.5. The Labute approximate surface area is 189 Å². The number of sulfonamides is 1. The Morgan fingerprint density at radius 1 is 1.16 bits per heavy atom. The van der Waals surface area contributed by atoms with Crippen molar-refractivity contribution < 1.29 is 22.3 Å². The molecular formula is C24H31FN2O4S. The Morgan fingerprint density at radius 2 is 1.84 bits per heavy atom. The Kier molecular flexibility index (Phi) is 7.90. The first-order valence-electron chi connectivity index (χ1n) is 11.0. The monoisotopic (exact) mass is 462 g/mol. The van der Waals surface area contributed by atoms with Crippen LogP contribution in [0.3, 0.4) is 0 Å². The summed E-state index contributed by atoms with van der Waals surface area (Å²) in [7, 11) is -3.66. The normalized spacial score (nSPS) is 19.9. The minimum atomic E-state index is -3.66. The molecule has 0 bridgehead atoms. The SMILES string of the molecule is CCOc1ccc(S(=O)(=O)NC2CCC(C(=O)N[C@H](C)c3ccccc3F)CC2)cc1C. The van der Waals surface area contributed by atoms with Crippen LogP contribution >= 0.6 is 0 Å². The molecule has 1 aliphatic carbocycles. The Morgan fingerprint density at radius 3 is 2.47 bits per heavy atom. The van der Waals surface area contributed by atoms with E-state index in [-0.39, 0.29) is 28.6 Å². The maximum absolute atomic E-state index is 13.9. The van der Waals surface area contributed by atoms with E-state index >= 15 is 0 Å². The van der Waals surface area contributed by atoms with Crippen molar-refractivity contribution in [1.29, 1.82) is 0 Å². The molecule has 0 spiro atoms. The highest BCUT2D eigenvalue weighted by Crippen LogP contribution is 2.28. The first-order chi connectivity index (χ1) is 15.2. The number of rotatable bonds is 8. The molecule has 1 amide bonds. The third-order valence-corrected chi connectivity index (χ3v) is 7.42. The van der Waals surface area contributed by atoms with E-state index in [1.165, 1.54) is 6.07 Å². The number of ether oxygens (including phenoxy) is 1. The van der Waals surface area contributed by atoms with Crippen molar-refractivity contribution in [1.82, 2.24) is 10.0 Å². The lowest BCUT2D eigenvalue weighted by molar-refractivity contribution is -0.126. The van der Waals surface area contributed by atoms with Gasteiger partial charge in [0.1, 0.15) is 11.6 Å². The standard InChI is InChI=1S/C24H31FN2O4S/c1-4-31-23-14-13-20(15-16(23)2)32(29,30)27-19-11-9-18(10-12-19)24(28)26-17(3)21-7-5-6-8-22(21)25/h5-8,13-15,17-19,27H,4,9-12H2,1-3H3,(H,26,28)/t17-,18?,19?/m1/s1. The summed E-state index contributed by atoms with van der Waals surface area (Å²) >= 11 is 0. The molecule has 0 heterocycles. The van der Waals surface area contributed by atoms with Crippen molar-refractivity contribution in [3.63, 3.8) is 0 Å². The van der Waals surface area contributed by atoms with E-state index in [0.29, 0.717) is 43.6 Å². The predicted molar refractivity (Wildman–Crippen MR) is 121 cm³/mol. The number of amides is 1. The minimum absolute atomic E-state index is 0.121. The van der Waals surface area contributed by atoms with Crippen molar-refractivity contribution in [2.24, 2.45) is 5.92 Å². The van der Waals surface area contributed by atoms with Gasteiger partial charge in [0.25, 0.3) is 0 Å². The van der Waals surface area contributed by atoms with Crippen LogP contribution in [0.25, 0.3) is 0 Å². The van der Waals surface area contributed by atoms with Gasteiger partial charge in [0, 0.05) is 17.5 Å². The summed E-state index contributed by atoms with van der Waals surface area (Å²) in [6.45, 7) is 5.97. The molecule has 1 atom stereocenters. The third kappa shape index (κ3) is 5.86. The van der Waals surface area contributed by atoms with E-state index < -0.39 is 16.1 Å².